The van der Waals surface area contributed by atoms with E-state index >= 15 is 0 Å². The maximum Gasteiger partial charge on any atom is 0.0991 e. The highest BCUT2D eigenvalue weighted by molar-refractivity contribution is 7.79. The van der Waals surface area contributed by atoms with Crippen LogP contribution in [0.25, 0.3) is 0 Å². The molecule has 23 heavy (non-hydrogen) atoms. The maximum atomic E-state index is 8.98. The molecule has 0 fully saturated rings. The van der Waals surface area contributed by atoms with Crippen molar-refractivity contribution >= 4 is 23.8 Å². The van der Waals surface area contributed by atoms with E-state index in [-0.39, 0.29) is 0 Å². The first-order valence-corrected chi connectivity index (χ1v) is 8.51. The lowest BCUT2D eigenvalue weighted by molar-refractivity contribution is 1.49. The molecule has 3 aromatic rings. The standard InChI is InChI=1S/C20H13N2P/c21-14-16-6-10-19(11-7-16)23(18-4-2-1-3-5-18)20-12-8-17(15-22)9-13-20/h1-13H. The molecule has 0 spiro atoms. The number of nitrogens with zero attached hydrogens (tertiary/aromatic N) is 2. The number of hydrogen-bond donors (Lipinski definition) is 0. The molecule has 3 aromatic carbocycles. The maximum absolute atomic E-state index is 8.98. The van der Waals surface area contributed by atoms with Gasteiger partial charge in [-0.1, -0.05) is 54.6 Å². The van der Waals surface area contributed by atoms with E-state index < -0.39 is 7.92 Å². The van der Waals surface area contributed by atoms with Gasteiger partial charge in [-0.2, -0.15) is 10.5 Å². The molecular weight excluding hydrogens is 299 g/mol. The zero-order valence-corrected chi connectivity index (χ0v) is 13.2. The van der Waals surface area contributed by atoms with Gasteiger partial charge in [-0.05, 0) is 48.1 Å². The van der Waals surface area contributed by atoms with E-state index in [9.17, 15) is 0 Å². The minimum atomic E-state index is -0.700. The molecule has 0 aliphatic heterocycles. The van der Waals surface area contributed by atoms with Crippen LogP contribution in [0.1, 0.15) is 11.1 Å². The Bertz CT molecular complexity index is 813. The lowest BCUT2D eigenvalue weighted by Gasteiger charge is -2.19. The Morgan fingerprint density at radius 3 is 1.30 bits per heavy atom. The van der Waals surface area contributed by atoms with Crippen molar-refractivity contribution in [3.8, 4) is 12.1 Å². The van der Waals surface area contributed by atoms with E-state index in [1.807, 2.05) is 66.7 Å². The minimum absolute atomic E-state index is 0.664. The molecule has 0 saturated carbocycles. The highest BCUT2D eigenvalue weighted by Gasteiger charge is 2.16. The second kappa shape index (κ2) is 6.89. The fourth-order valence-corrected chi connectivity index (χ4v) is 4.65. The number of rotatable bonds is 3. The van der Waals surface area contributed by atoms with E-state index in [0.29, 0.717) is 11.1 Å². The van der Waals surface area contributed by atoms with Gasteiger partial charge in [0.15, 0.2) is 0 Å². The Morgan fingerprint density at radius 2 is 0.913 bits per heavy atom. The molecule has 3 rings (SSSR count). The average molecular weight is 312 g/mol. The first-order chi connectivity index (χ1) is 11.3. The number of benzene rings is 3. The predicted octanol–water partition coefficient (Wildman–Crippen LogP) is 3.19. The lowest BCUT2D eigenvalue weighted by Crippen LogP contribution is -2.20. The zero-order chi connectivity index (χ0) is 16.1. The van der Waals surface area contributed by atoms with Gasteiger partial charge in [0.25, 0.3) is 0 Å². The predicted molar refractivity (Wildman–Crippen MR) is 94.6 cm³/mol. The summed E-state index contributed by atoms with van der Waals surface area (Å²) in [5, 5.41) is 21.6. The van der Waals surface area contributed by atoms with Gasteiger partial charge in [-0.3, -0.25) is 0 Å². The molecule has 0 unspecified atom stereocenters. The first-order valence-electron chi connectivity index (χ1n) is 7.17. The fraction of sp³-hybridized carbons (Fsp3) is 0. The molecule has 0 aliphatic rings. The van der Waals surface area contributed by atoms with Crippen LogP contribution in [0.3, 0.4) is 0 Å². The molecule has 3 heteroatoms. The molecule has 0 amide bonds. The largest absolute Gasteiger partial charge is 0.192 e. The third kappa shape index (κ3) is 3.29. The fourth-order valence-electron chi connectivity index (χ4n) is 2.39. The minimum Gasteiger partial charge on any atom is -0.192 e. The Balaban J connectivity index is 2.09. The molecule has 2 nitrogen and oxygen atoms in total. The van der Waals surface area contributed by atoms with Crippen molar-refractivity contribution in [1.82, 2.24) is 0 Å². The summed E-state index contributed by atoms with van der Waals surface area (Å²) < 4.78 is 0. The van der Waals surface area contributed by atoms with Gasteiger partial charge in [0, 0.05) is 0 Å². The topological polar surface area (TPSA) is 47.6 Å². The van der Waals surface area contributed by atoms with E-state index in [4.69, 9.17) is 10.5 Å². The number of hydrogen-bond acceptors (Lipinski definition) is 2. The van der Waals surface area contributed by atoms with Crippen molar-refractivity contribution in [2.45, 2.75) is 0 Å². The Labute approximate surface area is 137 Å². The molecule has 0 radical (unpaired) electrons. The van der Waals surface area contributed by atoms with E-state index in [1.165, 1.54) is 15.9 Å². The van der Waals surface area contributed by atoms with Crippen LogP contribution >= 0.6 is 7.92 Å². The van der Waals surface area contributed by atoms with Crippen LogP contribution in [-0.4, -0.2) is 0 Å². The van der Waals surface area contributed by atoms with Crippen molar-refractivity contribution in [2.75, 3.05) is 0 Å². The van der Waals surface area contributed by atoms with Crippen LogP contribution in [0.5, 0.6) is 0 Å². The first kappa shape index (κ1) is 15.0. The Morgan fingerprint density at radius 1 is 0.522 bits per heavy atom. The monoisotopic (exact) mass is 312 g/mol. The second-order valence-electron chi connectivity index (χ2n) is 4.99. The van der Waals surface area contributed by atoms with Crippen LogP contribution in [-0.2, 0) is 0 Å². The van der Waals surface area contributed by atoms with E-state index in [0.717, 1.165) is 0 Å². The van der Waals surface area contributed by atoms with Crippen LogP contribution in [0.4, 0.5) is 0 Å². The number of nitriles is 2. The molecule has 0 aliphatic carbocycles. The molecule has 0 saturated heterocycles. The van der Waals surface area contributed by atoms with Gasteiger partial charge < -0.3 is 0 Å². The summed E-state index contributed by atoms with van der Waals surface area (Å²) in [4.78, 5) is 0. The van der Waals surface area contributed by atoms with Gasteiger partial charge in [-0.25, -0.2) is 0 Å². The molecular formula is C20H13N2P. The second-order valence-corrected chi connectivity index (χ2v) is 7.21. The Kier molecular flexibility index (Phi) is 4.49. The highest BCUT2D eigenvalue weighted by atomic mass is 31.1. The van der Waals surface area contributed by atoms with Crippen molar-refractivity contribution in [3.63, 3.8) is 0 Å². The van der Waals surface area contributed by atoms with Gasteiger partial charge in [0.05, 0.1) is 23.3 Å². The Hall–Kier alpha value is -2.93. The summed E-state index contributed by atoms with van der Waals surface area (Å²) in [5.74, 6) is 0. The van der Waals surface area contributed by atoms with Gasteiger partial charge in [0.2, 0.25) is 0 Å². The highest BCUT2D eigenvalue weighted by Crippen LogP contribution is 2.32. The van der Waals surface area contributed by atoms with Gasteiger partial charge in [0.1, 0.15) is 0 Å². The van der Waals surface area contributed by atoms with Crippen LogP contribution in [0.2, 0.25) is 0 Å². The van der Waals surface area contributed by atoms with E-state index in [1.54, 1.807) is 0 Å². The molecule has 0 N–H and O–H groups in total. The normalized spacial score (nSPS) is 10.0. The van der Waals surface area contributed by atoms with Gasteiger partial charge in [-0.15, -0.1) is 0 Å². The van der Waals surface area contributed by atoms with E-state index in [2.05, 4.69) is 24.3 Å². The van der Waals surface area contributed by atoms with Crippen LogP contribution in [0.15, 0.2) is 78.9 Å². The van der Waals surface area contributed by atoms with Crippen LogP contribution < -0.4 is 15.9 Å². The van der Waals surface area contributed by atoms with Crippen LogP contribution in [0, 0.1) is 22.7 Å². The molecule has 108 valence electrons. The summed E-state index contributed by atoms with van der Waals surface area (Å²) in [6.07, 6.45) is 0. The third-order valence-electron chi connectivity index (χ3n) is 3.52. The molecule has 0 bridgehead atoms. The zero-order valence-electron chi connectivity index (χ0n) is 12.3. The average Bonchev–Trinajstić information content (AvgIpc) is 2.64. The summed E-state index contributed by atoms with van der Waals surface area (Å²) in [5.41, 5.74) is 1.33. The summed E-state index contributed by atoms with van der Waals surface area (Å²) in [6.45, 7) is 0. The quantitative estimate of drug-likeness (QED) is 0.697. The summed E-state index contributed by atoms with van der Waals surface area (Å²) in [7, 11) is -0.700. The van der Waals surface area contributed by atoms with Crippen molar-refractivity contribution in [1.29, 1.82) is 10.5 Å². The van der Waals surface area contributed by atoms with Crippen molar-refractivity contribution in [3.05, 3.63) is 90.0 Å². The van der Waals surface area contributed by atoms with Crippen molar-refractivity contribution in [2.24, 2.45) is 0 Å². The SMILES string of the molecule is N#Cc1ccc(P(c2ccccc2)c2ccc(C#N)cc2)cc1. The third-order valence-corrected chi connectivity index (χ3v) is 5.97. The molecule has 0 heterocycles. The van der Waals surface area contributed by atoms with Crippen molar-refractivity contribution < 1.29 is 0 Å². The summed E-state index contributed by atoms with van der Waals surface area (Å²) in [6, 6.07) is 30.2. The lowest BCUT2D eigenvalue weighted by atomic mass is 10.2. The smallest absolute Gasteiger partial charge is 0.0991 e. The molecule has 0 atom stereocenters. The molecule has 0 aromatic heterocycles. The summed E-state index contributed by atoms with van der Waals surface area (Å²) >= 11 is 0. The van der Waals surface area contributed by atoms with Gasteiger partial charge >= 0.3 is 0 Å².